The molecule has 0 aliphatic heterocycles. The van der Waals surface area contributed by atoms with Gasteiger partial charge in [-0.2, -0.15) is 0 Å². The van der Waals surface area contributed by atoms with Crippen molar-refractivity contribution in [3.8, 4) is 5.75 Å². The van der Waals surface area contributed by atoms with Gasteiger partial charge in [-0.15, -0.1) is 0 Å². The van der Waals surface area contributed by atoms with Gasteiger partial charge in [0.25, 0.3) is 5.91 Å². The van der Waals surface area contributed by atoms with E-state index in [9.17, 15) is 9.59 Å². The Balaban J connectivity index is 1.65. The molecule has 0 aliphatic rings. The Bertz CT molecular complexity index is 986. The topological polar surface area (TPSA) is 92.3 Å². The van der Waals surface area contributed by atoms with Crippen LogP contribution in [0.5, 0.6) is 5.75 Å². The molecule has 3 rings (SSSR count). The van der Waals surface area contributed by atoms with E-state index in [1.54, 1.807) is 42.6 Å². The van der Waals surface area contributed by atoms with E-state index in [-0.39, 0.29) is 17.5 Å². The molecule has 0 aliphatic carbocycles. The van der Waals surface area contributed by atoms with Gasteiger partial charge in [0.1, 0.15) is 11.4 Å². The van der Waals surface area contributed by atoms with Crippen molar-refractivity contribution in [3.63, 3.8) is 0 Å². The highest BCUT2D eigenvalue weighted by molar-refractivity contribution is 6.03. The van der Waals surface area contributed by atoms with Crippen LogP contribution in [0.1, 0.15) is 24.3 Å². The van der Waals surface area contributed by atoms with Gasteiger partial charge >= 0.3 is 0 Å². The van der Waals surface area contributed by atoms with Crippen molar-refractivity contribution in [2.45, 2.75) is 13.8 Å². The number of hydrogen-bond donors (Lipinski definition) is 3. The highest BCUT2D eigenvalue weighted by Crippen LogP contribution is 2.21. The van der Waals surface area contributed by atoms with Crippen molar-refractivity contribution >= 4 is 34.6 Å². The maximum atomic E-state index is 12.5. The molecule has 0 radical (unpaired) electrons. The van der Waals surface area contributed by atoms with Gasteiger partial charge in [-0.3, -0.25) is 14.6 Å². The van der Waals surface area contributed by atoms with Gasteiger partial charge in [0, 0.05) is 35.9 Å². The minimum Gasteiger partial charge on any atom is -0.494 e. The molecular weight excluding hydrogens is 368 g/mol. The maximum Gasteiger partial charge on any atom is 0.274 e. The Morgan fingerprint density at radius 1 is 0.862 bits per heavy atom. The molecule has 0 unspecified atom stereocenters. The van der Waals surface area contributed by atoms with E-state index in [2.05, 4.69) is 20.9 Å². The number of aromatic nitrogens is 1. The lowest BCUT2D eigenvalue weighted by atomic mass is 10.2. The van der Waals surface area contributed by atoms with E-state index in [1.165, 1.54) is 6.92 Å². The van der Waals surface area contributed by atoms with Crippen molar-refractivity contribution in [1.82, 2.24) is 4.98 Å². The van der Waals surface area contributed by atoms with Crippen molar-refractivity contribution in [3.05, 3.63) is 72.6 Å². The quantitative estimate of drug-likeness (QED) is 0.555. The van der Waals surface area contributed by atoms with Crippen LogP contribution in [0.2, 0.25) is 0 Å². The van der Waals surface area contributed by atoms with E-state index in [4.69, 9.17) is 4.74 Å². The summed E-state index contributed by atoms with van der Waals surface area (Å²) in [5.74, 6) is 0.327. The molecule has 0 fully saturated rings. The van der Waals surface area contributed by atoms with Crippen LogP contribution in [0.3, 0.4) is 0 Å². The number of hydrogen-bond acceptors (Lipinski definition) is 5. The fourth-order valence-electron chi connectivity index (χ4n) is 2.64. The van der Waals surface area contributed by atoms with Gasteiger partial charge in [-0.1, -0.05) is 0 Å². The Hall–Kier alpha value is -3.87. The largest absolute Gasteiger partial charge is 0.494 e. The first-order valence-corrected chi connectivity index (χ1v) is 9.18. The normalized spacial score (nSPS) is 10.1. The van der Waals surface area contributed by atoms with Crippen molar-refractivity contribution in [1.29, 1.82) is 0 Å². The molecule has 1 aromatic heterocycles. The van der Waals surface area contributed by atoms with E-state index in [0.717, 1.165) is 17.1 Å². The smallest absolute Gasteiger partial charge is 0.274 e. The van der Waals surface area contributed by atoms with Crippen LogP contribution in [-0.4, -0.2) is 23.4 Å². The van der Waals surface area contributed by atoms with Crippen LogP contribution in [0.25, 0.3) is 0 Å². The minimum absolute atomic E-state index is 0.150. The van der Waals surface area contributed by atoms with E-state index >= 15 is 0 Å². The third-order valence-electron chi connectivity index (χ3n) is 3.91. The number of anilines is 4. The predicted molar refractivity (Wildman–Crippen MR) is 114 cm³/mol. The number of carbonyl (C=O) groups excluding carboxylic acids is 2. The van der Waals surface area contributed by atoms with Crippen LogP contribution in [-0.2, 0) is 4.79 Å². The summed E-state index contributed by atoms with van der Waals surface area (Å²) in [4.78, 5) is 27.7. The molecule has 0 saturated carbocycles. The van der Waals surface area contributed by atoms with Gasteiger partial charge < -0.3 is 20.7 Å². The van der Waals surface area contributed by atoms with Crippen molar-refractivity contribution in [2.75, 3.05) is 22.6 Å². The second-order valence-electron chi connectivity index (χ2n) is 6.22. The zero-order chi connectivity index (χ0) is 20.6. The average Bonchev–Trinajstić information content (AvgIpc) is 2.71. The number of nitrogens with zero attached hydrogens (tertiary/aromatic N) is 1. The first kappa shape index (κ1) is 19.9. The SMILES string of the molecule is CCOc1ccc(Nc2ccnc(C(=O)Nc3ccc(NC(C)=O)cc3)c2)cc1. The first-order chi connectivity index (χ1) is 14.0. The minimum atomic E-state index is -0.326. The summed E-state index contributed by atoms with van der Waals surface area (Å²) < 4.78 is 5.43. The summed E-state index contributed by atoms with van der Waals surface area (Å²) in [5.41, 5.74) is 3.17. The van der Waals surface area contributed by atoms with Gasteiger partial charge in [0.05, 0.1) is 6.61 Å². The third-order valence-corrected chi connectivity index (χ3v) is 3.91. The van der Waals surface area contributed by atoms with Gasteiger partial charge in [0.15, 0.2) is 0 Å². The molecule has 148 valence electrons. The third kappa shape index (κ3) is 5.80. The number of ether oxygens (including phenoxy) is 1. The summed E-state index contributed by atoms with van der Waals surface area (Å²) in [6.07, 6.45) is 1.58. The molecule has 3 N–H and O–H groups in total. The van der Waals surface area contributed by atoms with Gasteiger partial charge in [0.2, 0.25) is 5.91 Å². The predicted octanol–water partition coefficient (Wildman–Crippen LogP) is 4.43. The Morgan fingerprint density at radius 3 is 2.10 bits per heavy atom. The molecule has 2 amide bonds. The lowest BCUT2D eigenvalue weighted by Crippen LogP contribution is -2.14. The molecule has 0 bridgehead atoms. The standard InChI is InChI=1S/C22H22N4O3/c1-3-29-20-10-8-17(9-11-20)25-19-12-13-23-21(14-19)22(28)26-18-6-4-16(5-7-18)24-15(2)27/h4-14H,3H2,1-2H3,(H,23,25)(H,24,27)(H,26,28). The zero-order valence-electron chi connectivity index (χ0n) is 16.2. The number of amides is 2. The van der Waals surface area contributed by atoms with E-state index in [0.29, 0.717) is 18.0 Å². The van der Waals surface area contributed by atoms with Gasteiger partial charge in [-0.05, 0) is 67.6 Å². The van der Waals surface area contributed by atoms with Crippen LogP contribution in [0.15, 0.2) is 66.9 Å². The zero-order valence-corrected chi connectivity index (χ0v) is 16.2. The van der Waals surface area contributed by atoms with Crippen molar-refractivity contribution in [2.24, 2.45) is 0 Å². The first-order valence-electron chi connectivity index (χ1n) is 9.18. The van der Waals surface area contributed by atoms with Gasteiger partial charge in [-0.25, -0.2) is 0 Å². The number of pyridine rings is 1. The van der Waals surface area contributed by atoms with E-state index in [1.807, 2.05) is 31.2 Å². The Morgan fingerprint density at radius 2 is 1.48 bits per heavy atom. The second kappa shape index (κ2) is 9.36. The average molecular weight is 390 g/mol. The molecule has 29 heavy (non-hydrogen) atoms. The lowest BCUT2D eigenvalue weighted by Gasteiger charge is -2.10. The molecule has 0 atom stereocenters. The van der Waals surface area contributed by atoms with Crippen LogP contribution >= 0.6 is 0 Å². The lowest BCUT2D eigenvalue weighted by molar-refractivity contribution is -0.114. The van der Waals surface area contributed by atoms with Crippen LogP contribution in [0, 0.1) is 0 Å². The molecular formula is C22H22N4O3. The fourth-order valence-corrected chi connectivity index (χ4v) is 2.64. The highest BCUT2D eigenvalue weighted by Gasteiger charge is 2.09. The summed E-state index contributed by atoms with van der Waals surface area (Å²) in [6.45, 7) is 3.99. The highest BCUT2D eigenvalue weighted by atomic mass is 16.5. The summed E-state index contributed by atoms with van der Waals surface area (Å²) in [6, 6.07) is 17.9. The number of rotatable bonds is 7. The Labute approximate surface area is 169 Å². The number of carbonyl (C=O) groups is 2. The van der Waals surface area contributed by atoms with Crippen LogP contribution in [0.4, 0.5) is 22.7 Å². The molecule has 0 saturated heterocycles. The van der Waals surface area contributed by atoms with E-state index < -0.39 is 0 Å². The molecule has 0 spiro atoms. The second-order valence-corrected chi connectivity index (χ2v) is 6.22. The fraction of sp³-hybridized carbons (Fsp3) is 0.136. The summed E-state index contributed by atoms with van der Waals surface area (Å²) >= 11 is 0. The molecule has 1 heterocycles. The summed E-state index contributed by atoms with van der Waals surface area (Å²) in [5, 5.41) is 8.71. The van der Waals surface area contributed by atoms with Crippen LogP contribution < -0.4 is 20.7 Å². The Kier molecular flexibility index (Phi) is 6.42. The van der Waals surface area contributed by atoms with Crippen molar-refractivity contribution < 1.29 is 14.3 Å². The monoisotopic (exact) mass is 390 g/mol. The molecule has 3 aromatic rings. The number of nitrogens with one attached hydrogen (secondary N) is 3. The maximum absolute atomic E-state index is 12.5. The number of benzene rings is 2. The molecule has 7 heteroatoms. The molecule has 2 aromatic carbocycles. The molecule has 7 nitrogen and oxygen atoms in total. The summed E-state index contributed by atoms with van der Waals surface area (Å²) in [7, 11) is 0.